The molecule has 2 amide bonds. The molecule has 1 N–H and O–H groups in total. The third-order valence-electron chi connectivity index (χ3n) is 5.64. The number of imide groups is 1. The Kier molecular flexibility index (Phi) is 6.97. The molecule has 0 atom stereocenters. The van der Waals surface area contributed by atoms with Crippen molar-refractivity contribution in [2.45, 2.75) is 26.7 Å². The van der Waals surface area contributed by atoms with E-state index < -0.39 is 5.91 Å². The summed E-state index contributed by atoms with van der Waals surface area (Å²) in [6.07, 6.45) is 1.78. The van der Waals surface area contributed by atoms with Crippen molar-refractivity contribution >= 4 is 28.8 Å². The van der Waals surface area contributed by atoms with Gasteiger partial charge >= 0.3 is 0 Å². The molecule has 3 aromatic carbocycles. The van der Waals surface area contributed by atoms with Gasteiger partial charge in [-0.2, -0.15) is 0 Å². The van der Waals surface area contributed by atoms with Crippen LogP contribution in [0.4, 0.5) is 11.4 Å². The first-order valence-electron chi connectivity index (χ1n) is 11.4. The highest BCUT2D eigenvalue weighted by atomic mass is 16.5. The molecule has 1 heterocycles. The second-order valence-corrected chi connectivity index (χ2v) is 7.95. The number of hydrogen-bond donors (Lipinski definition) is 1. The van der Waals surface area contributed by atoms with Crippen molar-refractivity contribution in [1.82, 2.24) is 0 Å². The largest absolute Gasteiger partial charge is 0.497 e. The van der Waals surface area contributed by atoms with Crippen LogP contribution >= 0.6 is 0 Å². The van der Waals surface area contributed by atoms with E-state index in [2.05, 4.69) is 12.2 Å². The van der Waals surface area contributed by atoms with Crippen molar-refractivity contribution in [3.8, 4) is 11.5 Å². The molecule has 0 saturated carbocycles. The Labute approximate surface area is 199 Å². The molecule has 0 unspecified atom stereocenters. The zero-order valence-corrected chi connectivity index (χ0v) is 19.6. The maximum Gasteiger partial charge on any atom is 0.282 e. The predicted molar refractivity (Wildman–Crippen MR) is 134 cm³/mol. The van der Waals surface area contributed by atoms with E-state index in [0.717, 1.165) is 24.2 Å². The van der Waals surface area contributed by atoms with Gasteiger partial charge in [0.1, 0.15) is 17.2 Å². The number of hydrogen-bond acceptors (Lipinski definition) is 5. The van der Waals surface area contributed by atoms with E-state index >= 15 is 0 Å². The van der Waals surface area contributed by atoms with Gasteiger partial charge in [-0.25, -0.2) is 4.90 Å². The second kappa shape index (κ2) is 10.3. The summed E-state index contributed by atoms with van der Waals surface area (Å²) in [5.74, 6) is 0.589. The summed E-state index contributed by atoms with van der Waals surface area (Å²) in [6.45, 7) is 4.72. The highest BCUT2D eigenvalue weighted by molar-refractivity contribution is 6.46. The summed E-state index contributed by atoms with van der Waals surface area (Å²) in [5, 5.41) is 3.17. The molecule has 0 aliphatic carbocycles. The Morgan fingerprint density at radius 1 is 0.853 bits per heavy atom. The van der Waals surface area contributed by atoms with Gasteiger partial charge < -0.3 is 14.8 Å². The molecule has 4 rings (SSSR count). The van der Waals surface area contributed by atoms with Gasteiger partial charge in [0.2, 0.25) is 0 Å². The van der Waals surface area contributed by atoms with Crippen LogP contribution in [0.25, 0.3) is 5.57 Å². The number of rotatable bonds is 9. The zero-order chi connectivity index (χ0) is 24.1. The minimum Gasteiger partial charge on any atom is -0.497 e. The van der Waals surface area contributed by atoms with Gasteiger partial charge in [-0.3, -0.25) is 9.59 Å². The van der Waals surface area contributed by atoms with Gasteiger partial charge in [-0.05, 0) is 60.4 Å². The van der Waals surface area contributed by atoms with Crippen LogP contribution in [-0.4, -0.2) is 25.5 Å². The fraction of sp³-hybridized carbons (Fsp3) is 0.214. The summed E-state index contributed by atoms with van der Waals surface area (Å²) in [4.78, 5) is 28.4. The first kappa shape index (κ1) is 23.1. The first-order chi connectivity index (χ1) is 16.5. The van der Waals surface area contributed by atoms with Crippen LogP contribution in [0.15, 0.2) is 78.5 Å². The molecular formula is C28H28N2O4. The molecule has 6 heteroatoms. The molecule has 3 aromatic rings. The zero-order valence-electron chi connectivity index (χ0n) is 19.6. The van der Waals surface area contributed by atoms with Crippen LogP contribution in [0.3, 0.4) is 0 Å². The number of carbonyl (C=O) groups excluding carboxylic acids is 2. The van der Waals surface area contributed by atoms with E-state index in [1.807, 2.05) is 73.7 Å². The van der Waals surface area contributed by atoms with Crippen molar-refractivity contribution < 1.29 is 19.1 Å². The van der Waals surface area contributed by atoms with E-state index in [1.165, 1.54) is 4.90 Å². The molecule has 1 aliphatic heterocycles. The number of ether oxygens (including phenoxy) is 2. The quantitative estimate of drug-likeness (QED) is 0.434. The molecule has 0 spiro atoms. The molecule has 0 aromatic heterocycles. The molecule has 0 radical (unpaired) electrons. The standard InChI is InChI=1S/C28H28N2O4/c1-4-17-34-23-15-11-20(12-16-23)25-26(29-21-7-6-8-24(18-21)33-3)28(32)30(27(25)31)22-13-9-19(5-2)10-14-22/h6-16,18,29H,4-5,17H2,1-3H3. The van der Waals surface area contributed by atoms with Gasteiger partial charge in [-0.1, -0.05) is 44.2 Å². The summed E-state index contributed by atoms with van der Waals surface area (Å²) in [5.41, 5.74) is 3.50. The van der Waals surface area contributed by atoms with Crippen LogP contribution < -0.4 is 19.7 Å². The molecule has 6 nitrogen and oxygen atoms in total. The van der Waals surface area contributed by atoms with Crippen molar-refractivity contribution in [2.24, 2.45) is 0 Å². The number of anilines is 2. The summed E-state index contributed by atoms with van der Waals surface area (Å²) in [7, 11) is 1.58. The molecule has 0 bridgehead atoms. The maximum atomic E-state index is 13.6. The van der Waals surface area contributed by atoms with Gasteiger partial charge in [0.15, 0.2) is 0 Å². The number of amides is 2. The van der Waals surface area contributed by atoms with Gasteiger partial charge in [0.25, 0.3) is 11.8 Å². The number of carbonyl (C=O) groups is 2. The topological polar surface area (TPSA) is 67.9 Å². The third kappa shape index (κ3) is 4.66. The lowest BCUT2D eigenvalue weighted by molar-refractivity contribution is -0.120. The van der Waals surface area contributed by atoms with E-state index in [1.54, 1.807) is 13.2 Å². The monoisotopic (exact) mass is 456 g/mol. The van der Waals surface area contributed by atoms with Crippen molar-refractivity contribution in [2.75, 3.05) is 23.9 Å². The number of nitrogens with zero attached hydrogens (tertiary/aromatic N) is 1. The lowest BCUT2D eigenvalue weighted by Gasteiger charge is -2.16. The maximum absolute atomic E-state index is 13.6. The van der Waals surface area contributed by atoms with Crippen molar-refractivity contribution in [3.63, 3.8) is 0 Å². The van der Waals surface area contributed by atoms with E-state index in [4.69, 9.17) is 9.47 Å². The minimum atomic E-state index is -0.404. The Hall–Kier alpha value is -4.06. The molecule has 0 saturated heterocycles. The van der Waals surface area contributed by atoms with Gasteiger partial charge in [-0.15, -0.1) is 0 Å². The summed E-state index contributed by atoms with van der Waals surface area (Å²) in [6, 6.07) is 22.0. The van der Waals surface area contributed by atoms with Gasteiger partial charge in [0.05, 0.1) is 25.0 Å². The number of benzene rings is 3. The van der Waals surface area contributed by atoms with E-state index in [-0.39, 0.29) is 11.6 Å². The SMILES string of the molecule is CCCOc1ccc(C2=C(Nc3cccc(OC)c3)C(=O)N(c3ccc(CC)cc3)C2=O)cc1. The summed E-state index contributed by atoms with van der Waals surface area (Å²) < 4.78 is 11.0. The first-order valence-corrected chi connectivity index (χ1v) is 11.4. The van der Waals surface area contributed by atoms with Crippen molar-refractivity contribution in [1.29, 1.82) is 0 Å². The smallest absolute Gasteiger partial charge is 0.282 e. The van der Waals surface area contributed by atoms with Crippen LogP contribution in [0, 0.1) is 0 Å². The predicted octanol–water partition coefficient (Wildman–Crippen LogP) is 5.44. The average molecular weight is 457 g/mol. The number of aryl methyl sites for hydroxylation is 1. The fourth-order valence-electron chi connectivity index (χ4n) is 3.81. The molecule has 174 valence electrons. The van der Waals surface area contributed by atoms with Crippen molar-refractivity contribution in [3.05, 3.63) is 89.6 Å². The number of methoxy groups -OCH3 is 1. The molecule has 34 heavy (non-hydrogen) atoms. The fourth-order valence-corrected chi connectivity index (χ4v) is 3.81. The van der Waals surface area contributed by atoms with E-state index in [0.29, 0.717) is 34.9 Å². The Morgan fingerprint density at radius 3 is 2.24 bits per heavy atom. The minimum absolute atomic E-state index is 0.222. The van der Waals surface area contributed by atoms with Crippen LogP contribution in [0.2, 0.25) is 0 Å². The Bertz CT molecular complexity index is 1210. The third-order valence-corrected chi connectivity index (χ3v) is 5.64. The highest BCUT2D eigenvalue weighted by Crippen LogP contribution is 2.35. The highest BCUT2D eigenvalue weighted by Gasteiger charge is 2.40. The second-order valence-electron chi connectivity index (χ2n) is 7.95. The Morgan fingerprint density at radius 2 is 1.59 bits per heavy atom. The van der Waals surface area contributed by atoms with Crippen LogP contribution in [0.1, 0.15) is 31.4 Å². The van der Waals surface area contributed by atoms with Crippen LogP contribution in [-0.2, 0) is 16.0 Å². The van der Waals surface area contributed by atoms with Crippen LogP contribution in [0.5, 0.6) is 11.5 Å². The lowest BCUT2D eigenvalue weighted by atomic mass is 10.0. The molecule has 1 aliphatic rings. The lowest BCUT2D eigenvalue weighted by Crippen LogP contribution is -2.32. The molecule has 0 fully saturated rings. The van der Waals surface area contributed by atoms with E-state index in [9.17, 15) is 9.59 Å². The summed E-state index contributed by atoms with van der Waals surface area (Å²) >= 11 is 0. The average Bonchev–Trinajstić information content (AvgIpc) is 3.12. The van der Waals surface area contributed by atoms with Gasteiger partial charge in [0, 0.05) is 11.8 Å². The number of nitrogens with one attached hydrogen (secondary N) is 1. The Balaban J connectivity index is 1.75. The normalized spacial score (nSPS) is 13.4. The molecular weight excluding hydrogens is 428 g/mol.